The van der Waals surface area contributed by atoms with Gasteiger partial charge in [-0.1, -0.05) is 25.5 Å². The second-order valence-electron chi connectivity index (χ2n) is 8.08. The molecule has 0 radical (unpaired) electrons. The zero-order chi connectivity index (χ0) is 19.7. The van der Waals surface area contributed by atoms with Crippen molar-refractivity contribution in [1.29, 1.82) is 0 Å². The van der Waals surface area contributed by atoms with E-state index in [1.54, 1.807) is 7.11 Å². The highest BCUT2D eigenvalue weighted by atomic mass is 32.1. The summed E-state index contributed by atoms with van der Waals surface area (Å²) < 4.78 is 18.1. The second-order valence-corrected chi connectivity index (χ2v) is 8.46. The van der Waals surface area contributed by atoms with Crippen LogP contribution in [0.5, 0.6) is 11.5 Å². The summed E-state index contributed by atoms with van der Waals surface area (Å²) in [5, 5.41) is 3.67. The highest BCUT2D eigenvalue weighted by Gasteiger charge is 2.53. The van der Waals surface area contributed by atoms with Gasteiger partial charge in [0, 0.05) is 25.1 Å². The van der Waals surface area contributed by atoms with Crippen LogP contribution in [0.3, 0.4) is 0 Å². The van der Waals surface area contributed by atoms with Crippen molar-refractivity contribution in [1.82, 2.24) is 10.2 Å². The Morgan fingerprint density at radius 1 is 1.43 bits per heavy atom. The van der Waals surface area contributed by atoms with Gasteiger partial charge in [-0.05, 0) is 56.4 Å². The summed E-state index contributed by atoms with van der Waals surface area (Å²) in [6, 6.07) is 4.22. The van der Waals surface area contributed by atoms with E-state index >= 15 is 0 Å². The maximum atomic E-state index is 6.51. The fraction of sp³-hybridized carbons (Fsp3) is 0.591. The van der Waals surface area contributed by atoms with Crippen LogP contribution in [0.1, 0.15) is 43.7 Å². The molecule has 6 heteroatoms. The van der Waals surface area contributed by atoms with Gasteiger partial charge in [0.15, 0.2) is 11.5 Å². The lowest BCUT2D eigenvalue weighted by atomic mass is 9.69. The third kappa shape index (κ3) is 3.37. The summed E-state index contributed by atoms with van der Waals surface area (Å²) >= 11 is 5.37. The Labute approximate surface area is 173 Å². The lowest BCUT2D eigenvalue weighted by Crippen LogP contribution is -2.44. The van der Waals surface area contributed by atoms with Crippen LogP contribution in [0.25, 0.3) is 0 Å². The first kappa shape index (κ1) is 19.5. The van der Waals surface area contributed by atoms with Crippen molar-refractivity contribution in [3.8, 4) is 11.5 Å². The molecule has 1 aromatic rings. The highest BCUT2D eigenvalue weighted by molar-refractivity contribution is 7.80. The smallest absolute Gasteiger partial charge is 0.257 e. The van der Waals surface area contributed by atoms with E-state index < -0.39 is 0 Å². The molecule has 1 N–H and O–H groups in total. The first-order valence-corrected chi connectivity index (χ1v) is 10.7. The topological polar surface area (TPSA) is 43.0 Å². The van der Waals surface area contributed by atoms with Crippen LogP contribution in [-0.4, -0.2) is 49.5 Å². The molecule has 1 spiro atoms. The van der Waals surface area contributed by atoms with Gasteiger partial charge in [0.25, 0.3) is 5.17 Å². The van der Waals surface area contributed by atoms with Gasteiger partial charge in [0.05, 0.1) is 12.5 Å². The van der Waals surface area contributed by atoms with Crippen molar-refractivity contribution in [2.45, 2.75) is 56.8 Å². The van der Waals surface area contributed by atoms with Crippen LogP contribution < -0.4 is 14.8 Å². The second kappa shape index (κ2) is 7.91. The van der Waals surface area contributed by atoms with E-state index in [4.69, 9.17) is 26.4 Å². The molecule has 1 aliphatic carbocycles. The number of ether oxygens (including phenoxy) is 3. The zero-order valence-corrected chi connectivity index (χ0v) is 17.8. The number of thiocarbonyl (C=S) groups is 1. The summed E-state index contributed by atoms with van der Waals surface area (Å²) in [5.74, 6) is 1.73. The minimum atomic E-state index is -0.110. The van der Waals surface area contributed by atoms with Crippen LogP contribution in [0.4, 0.5) is 0 Å². The Morgan fingerprint density at radius 2 is 2.29 bits per heavy atom. The van der Waals surface area contributed by atoms with E-state index in [1.165, 1.54) is 11.1 Å². The van der Waals surface area contributed by atoms with Crippen LogP contribution in [0, 0.1) is 0 Å². The van der Waals surface area contributed by atoms with Gasteiger partial charge in [-0.3, -0.25) is 0 Å². The molecule has 3 aliphatic rings. The van der Waals surface area contributed by atoms with Crippen molar-refractivity contribution in [3.63, 3.8) is 0 Å². The third-order valence-corrected chi connectivity index (χ3v) is 6.43. The van der Waals surface area contributed by atoms with Gasteiger partial charge in [-0.2, -0.15) is 0 Å². The summed E-state index contributed by atoms with van der Waals surface area (Å²) in [5.41, 5.74) is 2.53. The fourth-order valence-electron chi connectivity index (χ4n) is 4.70. The van der Waals surface area contributed by atoms with Gasteiger partial charge >= 0.3 is 0 Å². The maximum absolute atomic E-state index is 6.51. The normalized spacial score (nSPS) is 28.0. The molecular weight excluding hydrogens is 372 g/mol. The molecule has 0 aromatic heterocycles. The number of hydrogen-bond donors (Lipinski definition) is 1. The number of methoxy groups -OCH3 is 1. The van der Waals surface area contributed by atoms with Crippen molar-refractivity contribution in [2.75, 3.05) is 27.2 Å². The zero-order valence-electron chi connectivity index (χ0n) is 17.0. The number of hydrogen-bond acceptors (Lipinski definition) is 5. The van der Waals surface area contributed by atoms with E-state index in [0.717, 1.165) is 56.8 Å². The average Bonchev–Trinajstić information content (AvgIpc) is 2.94. The highest BCUT2D eigenvalue weighted by Crippen LogP contribution is 2.55. The molecule has 3 atom stereocenters. The Hall–Kier alpha value is -1.79. The molecule has 0 fully saturated rings. The molecule has 152 valence electrons. The van der Waals surface area contributed by atoms with Gasteiger partial charge in [0.1, 0.15) is 12.2 Å². The molecule has 4 rings (SSSR count). The standard InChI is InChI=1S/C22H30N2O3S/c1-4-5-11-23-21(28)26-16-8-9-22-10-12-24(2)14-15-6-7-17(25-3)20(19(15)22)27-18(22)13-16/h6-9,16,18H,4-5,10-14H2,1-3H3,(H,23,28)/t16-,18+,22+/m1/s1. The Bertz CT molecular complexity index is 781. The van der Waals surface area contributed by atoms with Crippen LogP contribution >= 0.6 is 12.2 Å². The lowest BCUT2D eigenvalue weighted by molar-refractivity contribution is 0.0867. The maximum Gasteiger partial charge on any atom is 0.257 e. The molecule has 28 heavy (non-hydrogen) atoms. The molecule has 0 amide bonds. The van der Waals surface area contributed by atoms with Crippen molar-refractivity contribution in [3.05, 3.63) is 35.4 Å². The predicted octanol–water partition coefficient (Wildman–Crippen LogP) is 3.55. The minimum absolute atomic E-state index is 0.0393. The molecule has 0 saturated carbocycles. The van der Waals surface area contributed by atoms with E-state index in [1.807, 2.05) is 6.07 Å². The number of nitrogens with one attached hydrogen (secondary N) is 1. The van der Waals surface area contributed by atoms with Gasteiger partial charge in [-0.25, -0.2) is 0 Å². The molecule has 2 heterocycles. The number of unbranched alkanes of at least 4 members (excludes halogenated alkanes) is 1. The first-order chi connectivity index (χ1) is 13.6. The number of rotatable bonds is 5. The Morgan fingerprint density at radius 3 is 3.07 bits per heavy atom. The Kier molecular flexibility index (Phi) is 5.52. The summed E-state index contributed by atoms with van der Waals surface area (Å²) in [6.45, 7) is 4.98. The van der Waals surface area contributed by atoms with Crippen LogP contribution in [0.2, 0.25) is 0 Å². The summed E-state index contributed by atoms with van der Waals surface area (Å²) in [4.78, 5) is 2.38. The van der Waals surface area contributed by atoms with Crippen LogP contribution in [-0.2, 0) is 16.7 Å². The van der Waals surface area contributed by atoms with Crippen molar-refractivity contribution in [2.24, 2.45) is 0 Å². The largest absolute Gasteiger partial charge is 0.493 e. The molecule has 0 saturated heterocycles. The van der Waals surface area contributed by atoms with Gasteiger partial charge in [-0.15, -0.1) is 0 Å². The summed E-state index contributed by atoms with van der Waals surface area (Å²) in [6.07, 6.45) is 8.50. The first-order valence-electron chi connectivity index (χ1n) is 10.3. The molecule has 0 unspecified atom stereocenters. The summed E-state index contributed by atoms with van der Waals surface area (Å²) in [7, 11) is 3.89. The molecule has 5 nitrogen and oxygen atoms in total. The predicted molar refractivity (Wildman–Crippen MR) is 114 cm³/mol. The average molecular weight is 403 g/mol. The molecular formula is C22H30N2O3S. The fourth-order valence-corrected chi connectivity index (χ4v) is 4.92. The van der Waals surface area contributed by atoms with Gasteiger partial charge < -0.3 is 24.4 Å². The van der Waals surface area contributed by atoms with Crippen molar-refractivity contribution >= 4 is 17.4 Å². The molecule has 2 aliphatic heterocycles. The number of nitrogens with zero attached hydrogens (tertiary/aromatic N) is 1. The quantitative estimate of drug-likeness (QED) is 0.462. The van der Waals surface area contributed by atoms with Crippen molar-refractivity contribution < 1.29 is 14.2 Å². The number of benzene rings is 1. The van der Waals surface area contributed by atoms with E-state index in [2.05, 4.69) is 42.4 Å². The minimum Gasteiger partial charge on any atom is -0.493 e. The Balaban J connectivity index is 1.60. The van der Waals surface area contributed by atoms with E-state index in [-0.39, 0.29) is 17.6 Å². The lowest BCUT2D eigenvalue weighted by Gasteiger charge is -2.37. The molecule has 1 aromatic carbocycles. The molecule has 0 bridgehead atoms. The SMILES string of the molecule is CCCCNC(=S)O[C@@H]1C=C[C@@]23CCN(C)Cc4ccc(OC)c(c42)O[C@H]3C1. The third-order valence-electron chi connectivity index (χ3n) is 6.19. The van der Waals surface area contributed by atoms with E-state index in [0.29, 0.717) is 5.17 Å². The van der Waals surface area contributed by atoms with E-state index in [9.17, 15) is 0 Å². The van der Waals surface area contributed by atoms with Gasteiger partial charge in [0.2, 0.25) is 0 Å². The monoisotopic (exact) mass is 402 g/mol. The van der Waals surface area contributed by atoms with Crippen LogP contribution in [0.15, 0.2) is 24.3 Å².